The molecule has 1 aromatic carbocycles. The quantitative estimate of drug-likeness (QED) is 0.552. The number of hydrogen-bond donors (Lipinski definition) is 2. The van der Waals surface area contributed by atoms with Crippen molar-refractivity contribution in [2.24, 2.45) is 0 Å². The van der Waals surface area contributed by atoms with Crippen LogP contribution in [0.15, 0.2) is 55.0 Å². The van der Waals surface area contributed by atoms with Crippen molar-refractivity contribution in [3.05, 3.63) is 66.1 Å². The first kappa shape index (κ1) is 22.3. The highest BCUT2D eigenvalue weighted by Crippen LogP contribution is 2.37. The van der Waals surface area contributed by atoms with Crippen molar-refractivity contribution >= 4 is 23.6 Å². The molecular formula is C24H25N5O4. The fourth-order valence-electron chi connectivity index (χ4n) is 3.91. The van der Waals surface area contributed by atoms with Crippen molar-refractivity contribution < 1.29 is 19.1 Å². The Bertz CT molecular complexity index is 1130. The number of esters is 1. The molecule has 0 bridgehead atoms. The summed E-state index contributed by atoms with van der Waals surface area (Å²) in [6.07, 6.45) is 5.86. The number of hydrogen-bond acceptors (Lipinski definition) is 8. The molecule has 1 saturated heterocycles. The SMILES string of the molecule is CCOC(=O)c1ccnc(NC(=O)C2(c3ccc(-c4cnc(N)nc4)cc3)CCOCC2)c1. The number of aromatic nitrogens is 3. The lowest BCUT2D eigenvalue weighted by atomic mass is 9.73. The first-order valence-corrected chi connectivity index (χ1v) is 10.7. The van der Waals surface area contributed by atoms with Crippen LogP contribution in [0, 0.1) is 0 Å². The lowest BCUT2D eigenvalue weighted by molar-refractivity contribution is -0.125. The molecule has 3 aromatic rings. The number of anilines is 2. The summed E-state index contributed by atoms with van der Waals surface area (Å²) in [4.78, 5) is 37.8. The summed E-state index contributed by atoms with van der Waals surface area (Å²) in [5, 5.41) is 2.89. The molecule has 9 nitrogen and oxygen atoms in total. The van der Waals surface area contributed by atoms with Crippen LogP contribution in [0.3, 0.4) is 0 Å². The molecule has 33 heavy (non-hydrogen) atoms. The number of nitrogen functional groups attached to an aromatic ring is 1. The van der Waals surface area contributed by atoms with Gasteiger partial charge in [0.05, 0.1) is 17.6 Å². The molecule has 170 valence electrons. The Morgan fingerprint density at radius 2 is 1.76 bits per heavy atom. The van der Waals surface area contributed by atoms with Gasteiger partial charge in [0, 0.05) is 37.4 Å². The topological polar surface area (TPSA) is 129 Å². The summed E-state index contributed by atoms with van der Waals surface area (Å²) in [7, 11) is 0. The zero-order valence-electron chi connectivity index (χ0n) is 18.3. The third-order valence-electron chi connectivity index (χ3n) is 5.74. The first-order valence-electron chi connectivity index (χ1n) is 10.7. The van der Waals surface area contributed by atoms with E-state index in [-0.39, 0.29) is 18.5 Å². The lowest BCUT2D eigenvalue weighted by Gasteiger charge is -2.36. The van der Waals surface area contributed by atoms with Crippen LogP contribution in [0.5, 0.6) is 0 Å². The van der Waals surface area contributed by atoms with E-state index in [1.165, 1.54) is 12.3 Å². The highest BCUT2D eigenvalue weighted by atomic mass is 16.5. The van der Waals surface area contributed by atoms with Gasteiger partial charge in [-0.15, -0.1) is 0 Å². The molecule has 0 radical (unpaired) electrons. The number of nitrogens with two attached hydrogens (primary N) is 1. The number of ether oxygens (including phenoxy) is 2. The molecule has 0 spiro atoms. The average Bonchev–Trinajstić information content (AvgIpc) is 2.85. The number of carbonyl (C=O) groups is 2. The molecular weight excluding hydrogens is 422 g/mol. The van der Waals surface area contributed by atoms with Gasteiger partial charge in [-0.2, -0.15) is 0 Å². The summed E-state index contributed by atoms with van der Waals surface area (Å²) in [5.74, 6) is -0.137. The monoisotopic (exact) mass is 447 g/mol. The van der Waals surface area contributed by atoms with Crippen LogP contribution < -0.4 is 11.1 Å². The number of nitrogens with zero attached hydrogens (tertiary/aromatic N) is 3. The fourth-order valence-corrected chi connectivity index (χ4v) is 3.91. The maximum Gasteiger partial charge on any atom is 0.338 e. The van der Waals surface area contributed by atoms with Crippen LogP contribution in [-0.2, 0) is 19.7 Å². The second-order valence-corrected chi connectivity index (χ2v) is 7.71. The average molecular weight is 447 g/mol. The number of amides is 1. The molecule has 9 heteroatoms. The van der Waals surface area contributed by atoms with Crippen LogP contribution in [0.1, 0.15) is 35.7 Å². The van der Waals surface area contributed by atoms with E-state index in [1.54, 1.807) is 25.4 Å². The van der Waals surface area contributed by atoms with Gasteiger partial charge >= 0.3 is 5.97 Å². The lowest BCUT2D eigenvalue weighted by Crippen LogP contribution is -2.45. The Labute approximate surface area is 191 Å². The van der Waals surface area contributed by atoms with E-state index in [1.807, 2.05) is 24.3 Å². The summed E-state index contributed by atoms with van der Waals surface area (Å²) < 4.78 is 10.6. The number of nitrogens with one attached hydrogen (secondary N) is 1. The second kappa shape index (κ2) is 9.74. The van der Waals surface area contributed by atoms with E-state index in [4.69, 9.17) is 15.2 Å². The van der Waals surface area contributed by atoms with Crippen LogP contribution in [-0.4, -0.2) is 46.6 Å². The smallest absolute Gasteiger partial charge is 0.338 e. The molecule has 0 atom stereocenters. The van der Waals surface area contributed by atoms with Gasteiger partial charge < -0.3 is 20.5 Å². The predicted octanol–water partition coefficient (Wildman–Crippen LogP) is 2.98. The molecule has 1 aliphatic heterocycles. The Balaban J connectivity index is 1.60. The van der Waals surface area contributed by atoms with Crippen molar-refractivity contribution in [1.82, 2.24) is 15.0 Å². The van der Waals surface area contributed by atoms with Crippen LogP contribution in [0.25, 0.3) is 11.1 Å². The van der Waals surface area contributed by atoms with Gasteiger partial charge in [0.15, 0.2) is 0 Å². The van der Waals surface area contributed by atoms with Crippen molar-refractivity contribution in [1.29, 1.82) is 0 Å². The van der Waals surface area contributed by atoms with Crippen LogP contribution >= 0.6 is 0 Å². The van der Waals surface area contributed by atoms with Gasteiger partial charge in [0.1, 0.15) is 5.82 Å². The third-order valence-corrected chi connectivity index (χ3v) is 5.74. The van der Waals surface area contributed by atoms with Gasteiger partial charge in [-0.1, -0.05) is 24.3 Å². The van der Waals surface area contributed by atoms with E-state index in [0.717, 1.165) is 16.7 Å². The Morgan fingerprint density at radius 1 is 1.06 bits per heavy atom. The van der Waals surface area contributed by atoms with Crippen LogP contribution in [0.4, 0.5) is 11.8 Å². The van der Waals surface area contributed by atoms with E-state index < -0.39 is 11.4 Å². The second-order valence-electron chi connectivity index (χ2n) is 7.71. The minimum atomic E-state index is -0.782. The van der Waals surface area contributed by atoms with Crippen LogP contribution in [0.2, 0.25) is 0 Å². The molecule has 4 rings (SSSR count). The first-order chi connectivity index (χ1) is 16.0. The fraction of sp³-hybridized carbons (Fsp3) is 0.292. The normalized spacial score (nSPS) is 14.9. The van der Waals surface area contributed by atoms with E-state index in [0.29, 0.717) is 37.4 Å². The Hall–Kier alpha value is -3.85. The van der Waals surface area contributed by atoms with Gasteiger partial charge in [-0.05, 0) is 43.0 Å². The molecule has 1 fully saturated rings. The Kier molecular flexibility index (Phi) is 6.60. The van der Waals surface area contributed by atoms with Crippen molar-refractivity contribution in [3.63, 3.8) is 0 Å². The molecule has 3 heterocycles. The Morgan fingerprint density at radius 3 is 2.42 bits per heavy atom. The van der Waals surface area contributed by atoms with E-state index in [2.05, 4.69) is 20.3 Å². The van der Waals surface area contributed by atoms with E-state index in [9.17, 15) is 9.59 Å². The molecule has 0 saturated carbocycles. The zero-order chi connectivity index (χ0) is 23.3. The minimum Gasteiger partial charge on any atom is -0.462 e. The number of benzene rings is 1. The predicted molar refractivity (Wildman–Crippen MR) is 122 cm³/mol. The van der Waals surface area contributed by atoms with E-state index >= 15 is 0 Å². The summed E-state index contributed by atoms with van der Waals surface area (Å²) >= 11 is 0. The van der Waals surface area contributed by atoms with Crippen molar-refractivity contribution in [3.8, 4) is 11.1 Å². The molecule has 0 aliphatic carbocycles. The molecule has 2 aromatic heterocycles. The van der Waals surface area contributed by atoms with Gasteiger partial charge in [-0.3, -0.25) is 4.79 Å². The molecule has 3 N–H and O–H groups in total. The number of rotatable bonds is 6. The highest BCUT2D eigenvalue weighted by molar-refractivity contribution is 5.99. The number of carbonyl (C=O) groups excluding carboxylic acids is 2. The maximum absolute atomic E-state index is 13.5. The molecule has 0 unspecified atom stereocenters. The van der Waals surface area contributed by atoms with Gasteiger partial charge in [0.2, 0.25) is 11.9 Å². The van der Waals surface area contributed by atoms with Crippen molar-refractivity contribution in [2.45, 2.75) is 25.2 Å². The largest absolute Gasteiger partial charge is 0.462 e. The van der Waals surface area contributed by atoms with Gasteiger partial charge in [-0.25, -0.2) is 19.7 Å². The highest BCUT2D eigenvalue weighted by Gasteiger charge is 2.42. The summed E-state index contributed by atoms with van der Waals surface area (Å²) in [5.41, 5.74) is 7.76. The summed E-state index contributed by atoms with van der Waals surface area (Å²) in [6, 6.07) is 10.8. The minimum absolute atomic E-state index is 0.192. The number of pyridine rings is 1. The maximum atomic E-state index is 13.5. The summed E-state index contributed by atoms with van der Waals surface area (Å²) in [6.45, 7) is 2.95. The van der Waals surface area contributed by atoms with Crippen molar-refractivity contribution in [2.75, 3.05) is 30.9 Å². The van der Waals surface area contributed by atoms with Gasteiger partial charge in [0.25, 0.3) is 0 Å². The molecule has 1 amide bonds. The zero-order valence-corrected chi connectivity index (χ0v) is 18.3. The molecule has 1 aliphatic rings. The standard InChI is InChI=1S/C24H25N5O4/c1-2-33-21(30)17-7-10-26-20(13-17)29-22(31)24(8-11-32-12-9-24)19-5-3-16(4-6-19)18-14-27-23(25)28-15-18/h3-7,10,13-15H,2,8-9,11-12H2,1H3,(H2,25,27,28)(H,26,29,31). The third kappa shape index (κ3) is 4.83.